The van der Waals surface area contributed by atoms with Gasteiger partial charge in [-0.15, -0.1) is 0 Å². The van der Waals surface area contributed by atoms with Crippen LogP contribution in [0.15, 0.2) is 53.0 Å². The first-order valence-electron chi connectivity index (χ1n) is 8.19. The number of anilines is 1. The SMILES string of the molecule is CN(Cc1ccccc1Br)C(=O)Nc1cccc(C(=O)NC2CC2)c1. The number of nitrogens with zero attached hydrogens (tertiary/aromatic N) is 1. The lowest BCUT2D eigenvalue weighted by Gasteiger charge is -2.19. The van der Waals surface area contributed by atoms with E-state index in [1.165, 1.54) is 0 Å². The van der Waals surface area contributed by atoms with E-state index < -0.39 is 0 Å². The minimum absolute atomic E-state index is 0.0971. The maximum Gasteiger partial charge on any atom is 0.321 e. The van der Waals surface area contributed by atoms with Crippen molar-refractivity contribution in [2.45, 2.75) is 25.4 Å². The van der Waals surface area contributed by atoms with Gasteiger partial charge < -0.3 is 15.5 Å². The molecule has 2 N–H and O–H groups in total. The van der Waals surface area contributed by atoms with Crippen LogP contribution in [0.4, 0.5) is 10.5 Å². The van der Waals surface area contributed by atoms with Crippen molar-refractivity contribution in [1.29, 1.82) is 0 Å². The summed E-state index contributed by atoms with van der Waals surface area (Å²) in [7, 11) is 1.73. The number of rotatable bonds is 5. The van der Waals surface area contributed by atoms with Gasteiger partial charge in [0.2, 0.25) is 0 Å². The molecule has 3 amide bonds. The zero-order chi connectivity index (χ0) is 17.8. The third-order valence-electron chi connectivity index (χ3n) is 4.00. The first-order chi connectivity index (χ1) is 12.0. The van der Waals surface area contributed by atoms with E-state index in [0.29, 0.717) is 23.8 Å². The molecule has 0 radical (unpaired) electrons. The first-order valence-corrected chi connectivity index (χ1v) is 8.98. The summed E-state index contributed by atoms with van der Waals surface area (Å²) in [5.41, 5.74) is 2.18. The molecule has 0 aromatic heterocycles. The molecule has 0 unspecified atom stereocenters. The van der Waals surface area contributed by atoms with E-state index in [0.717, 1.165) is 22.9 Å². The average molecular weight is 402 g/mol. The summed E-state index contributed by atoms with van der Waals surface area (Å²) in [6, 6.07) is 14.9. The molecule has 3 rings (SSSR count). The summed E-state index contributed by atoms with van der Waals surface area (Å²) in [4.78, 5) is 26.1. The maximum atomic E-state index is 12.4. The fraction of sp³-hybridized carbons (Fsp3) is 0.263. The maximum absolute atomic E-state index is 12.4. The smallest absolute Gasteiger partial charge is 0.321 e. The Morgan fingerprint density at radius 1 is 1.16 bits per heavy atom. The lowest BCUT2D eigenvalue weighted by atomic mass is 10.2. The monoisotopic (exact) mass is 401 g/mol. The number of benzene rings is 2. The summed E-state index contributed by atoms with van der Waals surface area (Å²) in [6.07, 6.45) is 2.09. The quantitative estimate of drug-likeness (QED) is 0.794. The van der Waals surface area contributed by atoms with Crippen molar-refractivity contribution in [3.05, 3.63) is 64.1 Å². The Labute approximate surface area is 155 Å². The minimum Gasteiger partial charge on any atom is -0.349 e. The Hall–Kier alpha value is -2.34. The fourth-order valence-electron chi connectivity index (χ4n) is 2.41. The molecule has 0 atom stereocenters. The van der Waals surface area contributed by atoms with Crippen LogP contribution in [0.5, 0.6) is 0 Å². The third kappa shape index (κ3) is 4.82. The second-order valence-electron chi connectivity index (χ2n) is 6.21. The van der Waals surface area contributed by atoms with Crippen molar-refractivity contribution in [1.82, 2.24) is 10.2 Å². The summed E-state index contributed by atoms with van der Waals surface area (Å²) in [6.45, 7) is 0.481. The number of hydrogen-bond donors (Lipinski definition) is 2. The molecule has 2 aromatic rings. The van der Waals surface area contributed by atoms with Gasteiger partial charge in [-0.1, -0.05) is 40.2 Å². The molecule has 1 fully saturated rings. The van der Waals surface area contributed by atoms with E-state index in [4.69, 9.17) is 0 Å². The number of carbonyl (C=O) groups excluding carboxylic acids is 2. The van der Waals surface area contributed by atoms with E-state index in [1.54, 1.807) is 36.2 Å². The van der Waals surface area contributed by atoms with Crippen molar-refractivity contribution < 1.29 is 9.59 Å². The van der Waals surface area contributed by atoms with Crippen LogP contribution in [0.2, 0.25) is 0 Å². The molecular weight excluding hydrogens is 382 g/mol. The van der Waals surface area contributed by atoms with E-state index in [1.807, 2.05) is 24.3 Å². The Kier molecular flexibility index (Phi) is 5.38. The molecule has 1 saturated carbocycles. The van der Waals surface area contributed by atoms with Gasteiger partial charge in [-0.05, 0) is 42.7 Å². The van der Waals surface area contributed by atoms with Crippen LogP contribution >= 0.6 is 15.9 Å². The first kappa shape index (κ1) is 17.5. The predicted octanol–water partition coefficient (Wildman–Crippen LogP) is 4.01. The van der Waals surface area contributed by atoms with E-state index >= 15 is 0 Å². The van der Waals surface area contributed by atoms with Crippen molar-refractivity contribution >= 4 is 33.6 Å². The highest BCUT2D eigenvalue weighted by molar-refractivity contribution is 9.10. The highest BCUT2D eigenvalue weighted by Crippen LogP contribution is 2.20. The van der Waals surface area contributed by atoms with Gasteiger partial charge in [0.15, 0.2) is 0 Å². The zero-order valence-corrected chi connectivity index (χ0v) is 15.5. The van der Waals surface area contributed by atoms with Gasteiger partial charge >= 0.3 is 6.03 Å². The summed E-state index contributed by atoms with van der Waals surface area (Å²) in [5, 5.41) is 5.78. The van der Waals surface area contributed by atoms with Gasteiger partial charge in [-0.3, -0.25) is 4.79 Å². The lowest BCUT2D eigenvalue weighted by Crippen LogP contribution is -2.31. The predicted molar refractivity (Wildman–Crippen MR) is 102 cm³/mol. The molecule has 0 bridgehead atoms. The van der Waals surface area contributed by atoms with Gasteiger partial charge in [-0.25, -0.2) is 4.79 Å². The standard InChI is InChI=1S/C19H20BrN3O2/c1-23(12-14-5-2-3-8-17(14)20)19(25)22-16-7-4-6-13(11-16)18(24)21-15-9-10-15/h2-8,11,15H,9-10,12H2,1H3,(H,21,24)(H,22,25). The van der Waals surface area contributed by atoms with Gasteiger partial charge in [-0.2, -0.15) is 0 Å². The fourth-order valence-corrected chi connectivity index (χ4v) is 2.82. The molecule has 25 heavy (non-hydrogen) atoms. The zero-order valence-electron chi connectivity index (χ0n) is 14.0. The van der Waals surface area contributed by atoms with Crippen LogP contribution < -0.4 is 10.6 Å². The van der Waals surface area contributed by atoms with Crippen LogP contribution in [-0.2, 0) is 6.54 Å². The van der Waals surface area contributed by atoms with Gasteiger partial charge in [0.05, 0.1) is 0 Å². The Bertz CT molecular complexity index is 790. The van der Waals surface area contributed by atoms with Crippen molar-refractivity contribution in [2.75, 3.05) is 12.4 Å². The molecule has 0 heterocycles. The van der Waals surface area contributed by atoms with Crippen LogP contribution in [0, 0.1) is 0 Å². The van der Waals surface area contributed by atoms with E-state index in [-0.39, 0.29) is 11.9 Å². The van der Waals surface area contributed by atoms with Crippen LogP contribution in [0.3, 0.4) is 0 Å². The topological polar surface area (TPSA) is 61.4 Å². The molecule has 6 heteroatoms. The van der Waals surface area contributed by atoms with Gasteiger partial charge in [0.1, 0.15) is 0 Å². The second kappa shape index (κ2) is 7.70. The van der Waals surface area contributed by atoms with Crippen LogP contribution in [-0.4, -0.2) is 29.9 Å². The Morgan fingerprint density at radius 2 is 1.92 bits per heavy atom. The average Bonchev–Trinajstić information content (AvgIpc) is 3.41. The molecule has 1 aliphatic rings. The summed E-state index contributed by atoms with van der Waals surface area (Å²) < 4.78 is 0.966. The molecule has 2 aromatic carbocycles. The van der Waals surface area contributed by atoms with E-state index in [2.05, 4.69) is 26.6 Å². The molecular formula is C19H20BrN3O2. The van der Waals surface area contributed by atoms with Crippen LogP contribution in [0.1, 0.15) is 28.8 Å². The second-order valence-corrected chi connectivity index (χ2v) is 7.06. The third-order valence-corrected chi connectivity index (χ3v) is 4.77. The van der Waals surface area contributed by atoms with Crippen molar-refractivity contribution in [2.24, 2.45) is 0 Å². The number of halogens is 1. The largest absolute Gasteiger partial charge is 0.349 e. The molecule has 0 saturated heterocycles. The molecule has 0 spiro atoms. The van der Waals surface area contributed by atoms with Crippen molar-refractivity contribution in [3.8, 4) is 0 Å². The van der Waals surface area contributed by atoms with Crippen LogP contribution in [0.25, 0.3) is 0 Å². The Balaban J connectivity index is 1.62. The number of urea groups is 1. The minimum atomic E-state index is -0.226. The highest BCUT2D eigenvalue weighted by Gasteiger charge is 2.23. The normalized spacial score (nSPS) is 13.2. The molecule has 130 valence electrons. The highest BCUT2D eigenvalue weighted by atomic mass is 79.9. The molecule has 0 aliphatic heterocycles. The van der Waals surface area contributed by atoms with E-state index in [9.17, 15) is 9.59 Å². The number of hydrogen-bond acceptors (Lipinski definition) is 2. The number of carbonyl (C=O) groups is 2. The number of amides is 3. The molecule has 5 nitrogen and oxygen atoms in total. The summed E-state index contributed by atoms with van der Waals surface area (Å²) >= 11 is 3.49. The van der Waals surface area contributed by atoms with Gasteiger partial charge in [0.25, 0.3) is 5.91 Å². The molecule has 1 aliphatic carbocycles. The lowest BCUT2D eigenvalue weighted by molar-refractivity contribution is 0.0951. The van der Waals surface area contributed by atoms with Crippen molar-refractivity contribution in [3.63, 3.8) is 0 Å². The van der Waals surface area contributed by atoms with Gasteiger partial charge in [0, 0.05) is 35.4 Å². The Morgan fingerprint density at radius 3 is 2.64 bits per heavy atom. The summed E-state index contributed by atoms with van der Waals surface area (Å²) in [5.74, 6) is -0.0971. The number of nitrogens with one attached hydrogen (secondary N) is 2.